The van der Waals surface area contributed by atoms with Crippen molar-refractivity contribution >= 4 is 13.2 Å². The lowest BCUT2D eigenvalue weighted by atomic mass is 9.77. The van der Waals surface area contributed by atoms with Crippen LogP contribution in [0.5, 0.6) is 5.75 Å². The third-order valence-electron chi connectivity index (χ3n) is 4.37. The highest BCUT2D eigenvalue weighted by Crippen LogP contribution is 2.38. The van der Waals surface area contributed by atoms with Gasteiger partial charge in [0.05, 0.1) is 11.2 Å². The van der Waals surface area contributed by atoms with E-state index in [0.29, 0.717) is 6.54 Å². The maximum absolute atomic E-state index is 9.76. The Morgan fingerprint density at radius 2 is 1.77 bits per heavy atom. The summed E-state index contributed by atoms with van der Waals surface area (Å²) in [6, 6.07) is 5.51. The molecule has 0 spiro atoms. The predicted molar refractivity (Wildman–Crippen MR) is 90.8 cm³/mol. The minimum atomic E-state index is -0.389. The van der Waals surface area contributed by atoms with Gasteiger partial charge < -0.3 is 19.7 Å². The molecule has 0 saturated carbocycles. The second-order valence-corrected chi connectivity index (χ2v) is 6.94. The van der Waals surface area contributed by atoms with Crippen LogP contribution in [0.1, 0.15) is 38.8 Å². The van der Waals surface area contributed by atoms with Gasteiger partial charge in [-0.3, -0.25) is 0 Å². The average molecular weight is 303 g/mol. The van der Waals surface area contributed by atoms with Crippen molar-refractivity contribution in [1.29, 1.82) is 0 Å². The van der Waals surface area contributed by atoms with Gasteiger partial charge in [0.2, 0.25) is 0 Å². The zero-order valence-electron chi connectivity index (χ0n) is 14.4. The van der Waals surface area contributed by atoms with Gasteiger partial charge in [0.25, 0.3) is 0 Å². The number of nitrogens with one attached hydrogen (secondary N) is 1. The molecule has 1 aromatic rings. The van der Waals surface area contributed by atoms with E-state index >= 15 is 0 Å². The molecule has 0 aromatic heterocycles. The molecule has 1 aliphatic heterocycles. The van der Waals surface area contributed by atoms with E-state index in [1.54, 1.807) is 12.1 Å². The summed E-state index contributed by atoms with van der Waals surface area (Å²) in [6.45, 7) is 10.8. The first kappa shape index (κ1) is 17.1. The van der Waals surface area contributed by atoms with Gasteiger partial charge in [0.1, 0.15) is 5.75 Å². The highest BCUT2D eigenvalue weighted by molar-refractivity contribution is 6.55. The fraction of sp³-hybridized carbons (Fsp3) is 0.529. The Morgan fingerprint density at radius 3 is 2.27 bits per heavy atom. The SMILES string of the molecule is CNCC(=Cc1cc(C)cc(O)c1)B1OC(C)(C)C(C)(C)O1. The normalized spacial score (nSPS) is 20.5. The molecule has 0 aliphatic carbocycles. The van der Waals surface area contributed by atoms with Gasteiger partial charge in [-0.2, -0.15) is 0 Å². The van der Waals surface area contributed by atoms with Gasteiger partial charge >= 0.3 is 7.12 Å². The number of phenolic OH excluding ortho intramolecular Hbond substituents is 1. The van der Waals surface area contributed by atoms with Gasteiger partial charge in [0.15, 0.2) is 0 Å². The van der Waals surface area contributed by atoms with Crippen molar-refractivity contribution in [3.63, 3.8) is 0 Å². The van der Waals surface area contributed by atoms with E-state index in [1.807, 2.05) is 53.8 Å². The fourth-order valence-corrected chi connectivity index (χ4v) is 2.49. The molecule has 1 saturated heterocycles. The van der Waals surface area contributed by atoms with Gasteiger partial charge in [-0.25, -0.2) is 0 Å². The molecule has 0 atom stereocenters. The average Bonchev–Trinajstić information content (AvgIpc) is 2.56. The van der Waals surface area contributed by atoms with Crippen molar-refractivity contribution in [2.24, 2.45) is 0 Å². The maximum Gasteiger partial charge on any atom is 0.491 e. The number of aromatic hydroxyl groups is 1. The number of rotatable bonds is 4. The van der Waals surface area contributed by atoms with Crippen LogP contribution in [-0.2, 0) is 9.31 Å². The van der Waals surface area contributed by atoms with Crippen LogP contribution in [0, 0.1) is 6.92 Å². The minimum Gasteiger partial charge on any atom is -0.508 e. The van der Waals surface area contributed by atoms with E-state index < -0.39 is 0 Å². The van der Waals surface area contributed by atoms with Crippen LogP contribution in [0.4, 0.5) is 0 Å². The van der Waals surface area contributed by atoms with E-state index in [4.69, 9.17) is 9.31 Å². The Hall–Kier alpha value is -1.30. The van der Waals surface area contributed by atoms with E-state index in [-0.39, 0.29) is 24.1 Å². The number of hydrogen-bond acceptors (Lipinski definition) is 4. The van der Waals surface area contributed by atoms with Crippen molar-refractivity contribution in [2.75, 3.05) is 13.6 Å². The Kier molecular flexibility index (Phi) is 4.71. The fourth-order valence-electron chi connectivity index (χ4n) is 2.49. The molecule has 1 aliphatic rings. The number of benzene rings is 1. The van der Waals surface area contributed by atoms with Gasteiger partial charge in [-0.15, -0.1) is 0 Å². The van der Waals surface area contributed by atoms with Crippen LogP contribution in [0.2, 0.25) is 0 Å². The van der Waals surface area contributed by atoms with Crippen LogP contribution in [-0.4, -0.2) is 37.0 Å². The molecular formula is C17H26BNO3. The van der Waals surface area contributed by atoms with Gasteiger partial charge in [0, 0.05) is 6.54 Å². The zero-order chi connectivity index (χ0) is 16.5. The molecule has 1 fully saturated rings. The molecule has 2 rings (SSSR count). The Morgan fingerprint density at radius 1 is 1.18 bits per heavy atom. The number of phenols is 1. The molecule has 2 N–H and O–H groups in total. The van der Waals surface area contributed by atoms with E-state index in [2.05, 4.69) is 5.32 Å². The van der Waals surface area contributed by atoms with E-state index in [0.717, 1.165) is 16.6 Å². The smallest absolute Gasteiger partial charge is 0.491 e. The summed E-state index contributed by atoms with van der Waals surface area (Å²) >= 11 is 0. The topological polar surface area (TPSA) is 50.7 Å². The molecule has 1 heterocycles. The van der Waals surface area contributed by atoms with Crippen LogP contribution < -0.4 is 5.32 Å². The maximum atomic E-state index is 9.76. The molecule has 1 aromatic carbocycles. The van der Waals surface area contributed by atoms with Crippen molar-refractivity contribution in [1.82, 2.24) is 5.32 Å². The Bertz CT molecular complexity index is 545. The lowest BCUT2D eigenvalue weighted by Crippen LogP contribution is -2.41. The minimum absolute atomic E-state index is 0.268. The van der Waals surface area contributed by atoms with E-state index in [1.165, 1.54) is 0 Å². The standard InChI is InChI=1S/C17H26BNO3/c1-12-7-13(10-15(20)8-12)9-14(11-19-6)18-21-16(2,3)17(4,5)22-18/h7-10,19-20H,11H2,1-6H3. The second-order valence-electron chi connectivity index (χ2n) is 6.94. The number of likely N-dealkylation sites (N-methyl/N-ethyl adjacent to an activating group) is 1. The van der Waals surface area contributed by atoms with Crippen LogP contribution in [0.3, 0.4) is 0 Å². The van der Waals surface area contributed by atoms with Crippen molar-refractivity contribution < 1.29 is 14.4 Å². The zero-order valence-corrected chi connectivity index (χ0v) is 14.4. The van der Waals surface area contributed by atoms with E-state index in [9.17, 15) is 5.11 Å². The molecular weight excluding hydrogens is 277 g/mol. The van der Waals surface area contributed by atoms with Crippen molar-refractivity contribution in [2.45, 2.75) is 45.8 Å². The lowest BCUT2D eigenvalue weighted by molar-refractivity contribution is 0.00578. The molecule has 0 radical (unpaired) electrons. The molecule has 0 unspecified atom stereocenters. The third-order valence-corrected chi connectivity index (χ3v) is 4.37. The summed E-state index contributed by atoms with van der Waals surface area (Å²) in [6.07, 6.45) is 2.02. The largest absolute Gasteiger partial charge is 0.508 e. The molecule has 5 heteroatoms. The van der Waals surface area contributed by atoms with Gasteiger partial charge in [-0.1, -0.05) is 12.1 Å². The summed E-state index contributed by atoms with van der Waals surface area (Å²) in [5.74, 6) is 0.268. The summed E-state index contributed by atoms with van der Waals surface area (Å²) in [4.78, 5) is 0. The molecule has 4 nitrogen and oxygen atoms in total. The second kappa shape index (κ2) is 6.07. The summed E-state index contributed by atoms with van der Waals surface area (Å²) in [5.41, 5.74) is 2.24. The summed E-state index contributed by atoms with van der Waals surface area (Å²) < 4.78 is 12.2. The molecule has 120 valence electrons. The van der Waals surface area contributed by atoms with Crippen LogP contribution >= 0.6 is 0 Å². The van der Waals surface area contributed by atoms with Crippen molar-refractivity contribution in [3.8, 4) is 5.75 Å². The Labute approximate surface area is 133 Å². The Balaban J connectivity index is 2.33. The molecule has 0 bridgehead atoms. The highest BCUT2D eigenvalue weighted by Gasteiger charge is 2.52. The summed E-state index contributed by atoms with van der Waals surface area (Å²) in [5, 5.41) is 12.9. The monoisotopic (exact) mass is 303 g/mol. The predicted octanol–water partition coefficient (Wildman–Crippen LogP) is 2.93. The molecule has 0 amide bonds. The third kappa shape index (κ3) is 3.54. The van der Waals surface area contributed by atoms with Crippen LogP contribution in [0.15, 0.2) is 23.7 Å². The first-order valence-electron chi connectivity index (χ1n) is 7.66. The molecule has 22 heavy (non-hydrogen) atoms. The number of hydrogen-bond donors (Lipinski definition) is 2. The number of aryl methyl sites for hydroxylation is 1. The quantitative estimate of drug-likeness (QED) is 0.840. The van der Waals surface area contributed by atoms with Crippen molar-refractivity contribution in [3.05, 3.63) is 34.8 Å². The van der Waals surface area contributed by atoms with Gasteiger partial charge in [-0.05, 0) is 70.4 Å². The van der Waals surface area contributed by atoms with Crippen LogP contribution in [0.25, 0.3) is 6.08 Å². The first-order chi connectivity index (χ1) is 10.1. The first-order valence-corrected chi connectivity index (χ1v) is 7.66. The highest BCUT2D eigenvalue weighted by atomic mass is 16.7. The summed E-state index contributed by atoms with van der Waals surface area (Å²) in [7, 11) is 1.51. The lowest BCUT2D eigenvalue weighted by Gasteiger charge is -2.32.